The summed E-state index contributed by atoms with van der Waals surface area (Å²) >= 11 is 6.10. The van der Waals surface area contributed by atoms with Crippen LogP contribution in [-0.4, -0.2) is 10.5 Å². The molecule has 0 unspecified atom stereocenters. The third-order valence-corrected chi connectivity index (χ3v) is 5.20. The van der Waals surface area contributed by atoms with Gasteiger partial charge in [0, 0.05) is 29.2 Å². The summed E-state index contributed by atoms with van der Waals surface area (Å²) in [5.74, 6) is -0.820. The van der Waals surface area contributed by atoms with Crippen LogP contribution in [0.3, 0.4) is 0 Å². The molecular weight excluding hydrogens is 413 g/mol. The van der Waals surface area contributed by atoms with E-state index in [1.165, 1.54) is 12.1 Å². The molecule has 0 bridgehead atoms. The van der Waals surface area contributed by atoms with Crippen LogP contribution in [0.15, 0.2) is 84.6 Å². The molecule has 4 aromatic rings. The Morgan fingerprint density at radius 1 is 1.06 bits per heavy atom. The summed E-state index contributed by atoms with van der Waals surface area (Å²) in [5.41, 5.74) is 3.03. The largest absolute Gasteiger partial charge is 0.342 e. The van der Waals surface area contributed by atoms with Crippen LogP contribution in [0.5, 0.6) is 0 Å². The fraction of sp³-hybridized carbons (Fsp3) is 0.0400. The molecule has 0 radical (unpaired) electrons. The van der Waals surface area contributed by atoms with E-state index in [0.717, 1.165) is 22.0 Å². The van der Waals surface area contributed by atoms with E-state index in [2.05, 4.69) is 5.32 Å². The standard InChI is InChI=1S/C25H17ClFN3O/c26-22-6-2-3-7-23(22)29-25(31)18(14-28)13-19-16-30(24-8-4-1-5-21(19)24)15-17-9-11-20(27)12-10-17/h1-13,16H,15H2,(H,29,31). The van der Waals surface area contributed by atoms with Crippen molar-refractivity contribution in [2.75, 3.05) is 5.32 Å². The molecule has 6 heteroatoms. The Morgan fingerprint density at radius 3 is 2.52 bits per heavy atom. The molecule has 4 nitrogen and oxygen atoms in total. The third-order valence-electron chi connectivity index (χ3n) is 4.87. The highest BCUT2D eigenvalue weighted by atomic mass is 35.5. The zero-order valence-corrected chi connectivity index (χ0v) is 17.1. The molecule has 0 atom stereocenters. The molecule has 0 aliphatic rings. The number of halogens is 2. The molecule has 3 aromatic carbocycles. The van der Waals surface area contributed by atoms with E-state index in [9.17, 15) is 14.4 Å². The predicted octanol–water partition coefficient (Wildman–Crippen LogP) is 6.03. The first-order valence-corrected chi connectivity index (χ1v) is 9.93. The van der Waals surface area contributed by atoms with Crippen molar-refractivity contribution in [2.24, 2.45) is 0 Å². The van der Waals surface area contributed by atoms with Crippen LogP contribution < -0.4 is 5.32 Å². The molecule has 0 fully saturated rings. The Balaban J connectivity index is 1.68. The summed E-state index contributed by atoms with van der Waals surface area (Å²) in [6.07, 6.45) is 3.45. The lowest BCUT2D eigenvalue weighted by Gasteiger charge is -2.06. The van der Waals surface area contributed by atoms with Gasteiger partial charge in [-0.3, -0.25) is 4.79 Å². The molecule has 0 aliphatic heterocycles. The number of rotatable bonds is 5. The van der Waals surface area contributed by atoms with Crippen molar-refractivity contribution in [1.29, 1.82) is 5.26 Å². The predicted molar refractivity (Wildman–Crippen MR) is 121 cm³/mol. The summed E-state index contributed by atoms with van der Waals surface area (Å²) in [7, 11) is 0. The number of nitrogens with one attached hydrogen (secondary N) is 1. The quantitative estimate of drug-likeness (QED) is 0.311. The lowest BCUT2D eigenvalue weighted by Crippen LogP contribution is -2.13. The highest BCUT2D eigenvalue weighted by Crippen LogP contribution is 2.26. The van der Waals surface area contributed by atoms with Gasteiger partial charge in [0.05, 0.1) is 10.7 Å². The molecule has 1 N–H and O–H groups in total. The van der Waals surface area contributed by atoms with Crippen LogP contribution in [0.2, 0.25) is 5.02 Å². The molecule has 1 heterocycles. The summed E-state index contributed by atoms with van der Waals surface area (Å²) in [6.45, 7) is 0.530. The SMILES string of the molecule is N#CC(=Cc1cn(Cc2ccc(F)cc2)c2ccccc12)C(=O)Nc1ccccc1Cl. The lowest BCUT2D eigenvalue weighted by atomic mass is 10.1. The number of fused-ring (bicyclic) bond motifs is 1. The highest BCUT2D eigenvalue weighted by Gasteiger charge is 2.14. The van der Waals surface area contributed by atoms with Gasteiger partial charge in [0.1, 0.15) is 17.5 Å². The van der Waals surface area contributed by atoms with Gasteiger partial charge in [-0.2, -0.15) is 5.26 Å². The summed E-state index contributed by atoms with van der Waals surface area (Å²) < 4.78 is 15.2. The van der Waals surface area contributed by atoms with Crippen LogP contribution in [0, 0.1) is 17.1 Å². The average molecular weight is 430 g/mol. The van der Waals surface area contributed by atoms with Crippen LogP contribution >= 0.6 is 11.6 Å². The molecular formula is C25H17ClFN3O. The van der Waals surface area contributed by atoms with Crippen molar-refractivity contribution in [3.8, 4) is 6.07 Å². The molecule has 0 saturated heterocycles. The highest BCUT2D eigenvalue weighted by molar-refractivity contribution is 6.34. The van der Waals surface area contributed by atoms with E-state index in [1.54, 1.807) is 42.5 Å². The maximum Gasteiger partial charge on any atom is 0.266 e. The van der Waals surface area contributed by atoms with Gasteiger partial charge in [-0.1, -0.05) is 54.1 Å². The molecule has 1 amide bonds. The van der Waals surface area contributed by atoms with Gasteiger partial charge in [-0.15, -0.1) is 0 Å². The van der Waals surface area contributed by atoms with Crippen molar-refractivity contribution in [1.82, 2.24) is 4.57 Å². The van der Waals surface area contributed by atoms with Crippen molar-refractivity contribution in [2.45, 2.75) is 6.54 Å². The number of para-hydroxylation sites is 2. The van der Waals surface area contributed by atoms with E-state index < -0.39 is 5.91 Å². The minimum Gasteiger partial charge on any atom is -0.342 e. The van der Waals surface area contributed by atoms with E-state index in [1.807, 2.05) is 41.1 Å². The maximum atomic E-state index is 13.2. The molecule has 4 rings (SSSR count). The lowest BCUT2D eigenvalue weighted by molar-refractivity contribution is -0.112. The first-order valence-electron chi connectivity index (χ1n) is 9.55. The number of anilines is 1. The van der Waals surface area contributed by atoms with Gasteiger partial charge in [-0.05, 0) is 42.0 Å². The Hall–Kier alpha value is -3.88. The van der Waals surface area contributed by atoms with Gasteiger partial charge in [0.2, 0.25) is 0 Å². The summed E-state index contributed by atoms with van der Waals surface area (Å²) in [5, 5.41) is 13.6. The summed E-state index contributed by atoms with van der Waals surface area (Å²) in [6, 6.07) is 22.9. The Bertz CT molecular complexity index is 1330. The van der Waals surface area contributed by atoms with Crippen molar-refractivity contribution in [3.05, 3.63) is 107 Å². The van der Waals surface area contributed by atoms with Gasteiger partial charge in [0.15, 0.2) is 0 Å². The second-order valence-corrected chi connectivity index (χ2v) is 7.37. The van der Waals surface area contributed by atoms with E-state index in [4.69, 9.17) is 11.6 Å². The fourth-order valence-electron chi connectivity index (χ4n) is 3.36. The van der Waals surface area contributed by atoms with E-state index in [-0.39, 0.29) is 11.4 Å². The number of benzene rings is 3. The van der Waals surface area contributed by atoms with Crippen LogP contribution in [-0.2, 0) is 11.3 Å². The minimum atomic E-state index is -0.536. The molecule has 31 heavy (non-hydrogen) atoms. The zero-order chi connectivity index (χ0) is 21.8. The number of nitriles is 1. The number of carbonyl (C=O) groups excluding carboxylic acids is 1. The average Bonchev–Trinajstić information content (AvgIpc) is 3.12. The summed E-state index contributed by atoms with van der Waals surface area (Å²) in [4.78, 5) is 12.7. The number of amides is 1. The molecule has 0 spiro atoms. The minimum absolute atomic E-state index is 0.0374. The number of nitrogens with zero attached hydrogens (tertiary/aromatic N) is 2. The van der Waals surface area contributed by atoms with Gasteiger partial charge in [-0.25, -0.2) is 4.39 Å². The van der Waals surface area contributed by atoms with Gasteiger partial charge in [0.25, 0.3) is 5.91 Å². The normalized spacial score (nSPS) is 11.3. The molecule has 1 aromatic heterocycles. The first kappa shape index (κ1) is 20.4. The third kappa shape index (κ3) is 4.50. The number of carbonyl (C=O) groups is 1. The van der Waals surface area contributed by atoms with Crippen LogP contribution in [0.1, 0.15) is 11.1 Å². The monoisotopic (exact) mass is 429 g/mol. The second kappa shape index (κ2) is 8.86. The van der Waals surface area contributed by atoms with Gasteiger partial charge < -0.3 is 9.88 Å². The van der Waals surface area contributed by atoms with Gasteiger partial charge >= 0.3 is 0 Å². The number of hydrogen-bond donors (Lipinski definition) is 1. The Labute approximate surface area is 183 Å². The molecule has 0 saturated carbocycles. The first-order chi connectivity index (χ1) is 15.0. The fourth-order valence-corrected chi connectivity index (χ4v) is 3.55. The Kier molecular flexibility index (Phi) is 5.83. The van der Waals surface area contributed by atoms with Crippen molar-refractivity contribution >= 4 is 40.2 Å². The van der Waals surface area contributed by atoms with Crippen molar-refractivity contribution in [3.63, 3.8) is 0 Å². The topological polar surface area (TPSA) is 57.8 Å². The van der Waals surface area contributed by atoms with E-state index in [0.29, 0.717) is 17.3 Å². The Morgan fingerprint density at radius 2 is 1.77 bits per heavy atom. The zero-order valence-electron chi connectivity index (χ0n) is 16.3. The second-order valence-electron chi connectivity index (χ2n) is 6.96. The van der Waals surface area contributed by atoms with Crippen LogP contribution in [0.4, 0.5) is 10.1 Å². The van der Waals surface area contributed by atoms with Crippen molar-refractivity contribution < 1.29 is 9.18 Å². The van der Waals surface area contributed by atoms with E-state index >= 15 is 0 Å². The number of aromatic nitrogens is 1. The van der Waals surface area contributed by atoms with Crippen LogP contribution in [0.25, 0.3) is 17.0 Å². The maximum absolute atomic E-state index is 13.2. The number of hydrogen-bond acceptors (Lipinski definition) is 2. The smallest absolute Gasteiger partial charge is 0.266 e. The molecule has 152 valence electrons. The molecule has 0 aliphatic carbocycles.